The number of carbonyl (C=O) groups excluding carboxylic acids is 2. The monoisotopic (exact) mass is 665 g/mol. The normalized spacial score (nSPS) is 19.1. The second kappa shape index (κ2) is 13.5. The number of pyridine rings is 1. The number of benzene rings is 2. The summed E-state index contributed by atoms with van der Waals surface area (Å²) in [5, 5.41) is 2.62. The van der Waals surface area contributed by atoms with Crippen LogP contribution in [0.15, 0.2) is 54.6 Å². The molecule has 3 aromatic rings. The molecule has 0 radical (unpaired) electrons. The Hall–Kier alpha value is -4.44. The highest BCUT2D eigenvalue weighted by Crippen LogP contribution is 2.39. The molecule has 0 spiro atoms. The Balaban J connectivity index is 1.39. The molecule has 1 N–H and O–H groups in total. The van der Waals surface area contributed by atoms with Gasteiger partial charge in [-0.05, 0) is 36.4 Å². The first-order chi connectivity index (χ1) is 21.8. The summed E-state index contributed by atoms with van der Waals surface area (Å²) in [5.74, 6) is -4.65. The maximum absolute atomic E-state index is 15.3. The van der Waals surface area contributed by atoms with E-state index in [-0.39, 0.29) is 54.6 Å². The molecule has 2 fully saturated rings. The highest BCUT2D eigenvalue weighted by Gasteiger charge is 2.45. The summed E-state index contributed by atoms with van der Waals surface area (Å²) < 4.78 is 90.1. The Morgan fingerprint density at radius 2 is 1.63 bits per heavy atom. The van der Waals surface area contributed by atoms with E-state index in [0.717, 1.165) is 18.4 Å². The minimum atomic E-state index is -3.34. The molecule has 2 aliphatic rings. The number of hydrogen-bond acceptors (Lipinski definition) is 8. The number of piperazine rings is 1. The zero-order valence-corrected chi connectivity index (χ0v) is 25.6. The van der Waals surface area contributed by atoms with Gasteiger partial charge in [0.25, 0.3) is 5.91 Å². The number of aromatic nitrogens is 1. The zero-order valence-electron chi connectivity index (χ0n) is 24.8. The van der Waals surface area contributed by atoms with E-state index in [9.17, 15) is 26.8 Å². The second-order valence-corrected chi connectivity index (χ2v) is 12.8. The van der Waals surface area contributed by atoms with Crippen LogP contribution < -0.4 is 24.6 Å². The van der Waals surface area contributed by atoms with Crippen LogP contribution in [0.25, 0.3) is 0 Å². The number of anilines is 2. The lowest BCUT2D eigenvalue weighted by Crippen LogP contribution is -2.48. The van der Waals surface area contributed by atoms with Crippen molar-refractivity contribution in [1.82, 2.24) is 14.6 Å². The van der Waals surface area contributed by atoms with Crippen molar-refractivity contribution in [3.63, 3.8) is 0 Å². The molecule has 16 heteroatoms. The molecule has 0 bridgehead atoms. The predicted octanol–water partition coefficient (Wildman–Crippen LogP) is 3.23. The third kappa shape index (κ3) is 7.17. The first-order valence-corrected chi connectivity index (χ1v) is 16.0. The fourth-order valence-corrected chi connectivity index (χ4v) is 6.45. The number of alkyl halides is 2. The quantitative estimate of drug-likeness (QED) is 0.328. The molecule has 1 aromatic heterocycles. The Kier molecular flexibility index (Phi) is 9.67. The van der Waals surface area contributed by atoms with Gasteiger partial charge < -0.3 is 19.7 Å². The van der Waals surface area contributed by atoms with Gasteiger partial charge in [0.1, 0.15) is 34.8 Å². The minimum absolute atomic E-state index is 0.0469. The predicted molar refractivity (Wildman–Crippen MR) is 160 cm³/mol. The number of rotatable bonds is 10. The fraction of sp³-hybridized carbons (Fsp3) is 0.367. The lowest BCUT2D eigenvalue weighted by atomic mass is 9.87. The van der Waals surface area contributed by atoms with Crippen molar-refractivity contribution in [2.75, 3.05) is 62.4 Å². The van der Waals surface area contributed by atoms with Crippen LogP contribution in [-0.4, -0.2) is 88.8 Å². The van der Waals surface area contributed by atoms with Gasteiger partial charge in [0, 0.05) is 68.4 Å². The second-order valence-electron chi connectivity index (χ2n) is 10.8. The maximum Gasteiger partial charge on any atom is 0.387 e. The molecule has 1 unspecified atom stereocenters. The topological polar surface area (TPSA) is 121 Å². The highest BCUT2D eigenvalue weighted by atomic mass is 32.2. The molecular weight excluding hydrogens is 634 g/mol. The molecule has 2 saturated heterocycles. The number of sulfonamides is 1. The summed E-state index contributed by atoms with van der Waals surface area (Å²) in [7, 11) is -2.08. The molecular formula is C30H31F4N5O6S. The van der Waals surface area contributed by atoms with Gasteiger partial charge in [0.05, 0.1) is 19.3 Å². The van der Waals surface area contributed by atoms with E-state index in [2.05, 4.69) is 15.0 Å². The molecule has 3 heterocycles. The van der Waals surface area contributed by atoms with Crippen molar-refractivity contribution in [1.29, 1.82) is 0 Å². The lowest BCUT2D eigenvalue weighted by Gasteiger charge is -2.34. The van der Waals surface area contributed by atoms with E-state index in [4.69, 9.17) is 4.74 Å². The molecule has 2 aliphatic heterocycles. The van der Waals surface area contributed by atoms with Crippen LogP contribution in [0.1, 0.15) is 21.8 Å². The smallest absolute Gasteiger partial charge is 0.387 e. The van der Waals surface area contributed by atoms with Crippen molar-refractivity contribution in [3.05, 3.63) is 77.4 Å². The number of nitrogens with zero attached hydrogens (tertiary/aromatic N) is 4. The molecule has 11 nitrogen and oxygen atoms in total. The standard InChI is InChI=1S/C30H31F4N5O6S/c1-44-20-14-23(31)27(24(32)15-20)22-17-39(26-5-3-4-25(36-26)37-10-12-38(13-11-37)46(2,42)43)29(41)21(22)16-35-28(40)18-6-8-19(9-7-18)45-30(33)34/h3-9,14-15,21-22,30H,10-13,16-17H2,1-2H3,(H,35,40)/t21?,22-/m1/s1. The number of ether oxygens (including phenoxy) is 2. The van der Waals surface area contributed by atoms with Gasteiger partial charge in [-0.25, -0.2) is 22.2 Å². The number of nitrogens with one attached hydrogen (secondary N) is 1. The molecule has 2 aromatic carbocycles. The summed E-state index contributed by atoms with van der Waals surface area (Å²) in [6, 6.07) is 11.9. The van der Waals surface area contributed by atoms with E-state index < -0.39 is 51.9 Å². The number of carbonyl (C=O) groups is 2. The first-order valence-electron chi connectivity index (χ1n) is 14.2. The van der Waals surface area contributed by atoms with Crippen LogP contribution in [0.4, 0.5) is 29.2 Å². The molecule has 246 valence electrons. The molecule has 0 saturated carbocycles. The van der Waals surface area contributed by atoms with E-state index in [1.165, 1.54) is 40.6 Å². The van der Waals surface area contributed by atoms with Crippen molar-refractivity contribution >= 4 is 33.5 Å². The van der Waals surface area contributed by atoms with Crippen LogP contribution in [0.3, 0.4) is 0 Å². The third-order valence-corrected chi connectivity index (χ3v) is 9.26. The Bertz CT molecular complexity index is 1680. The van der Waals surface area contributed by atoms with Gasteiger partial charge in [0.15, 0.2) is 0 Å². The zero-order chi connectivity index (χ0) is 33.2. The fourth-order valence-electron chi connectivity index (χ4n) is 5.63. The summed E-state index contributed by atoms with van der Waals surface area (Å²) in [6.07, 6.45) is 1.14. The Morgan fingerprint density at radius 1 is 1.00 bits per heavy atom. The van der Waals surface area contributed by atoms with Crippen LogP contribution >= 0.6 is 0 Å². The van der Waals surface area contributed by atoms with E-state index in [1.54, 1.807) is 18.2 Å². The third-order valence-electron chi connectivity index (χ3n) is 7.96. The van der Waals surface area contributed by atoms with Gasteiger partial charge >= 0.3 is 6.61 Å². The number of amides is 2. The van der Waals surface area contributed by atoms with Gasteiger partial charge in [-0.15, -0.1) is 0 Å². The van der Waals surface area contributed by atoms with Gasteiger partial charge in [-0.3, -0.25) is 14.5 Å². The molecule has 2 atom stereocenters. The SMILES string of the molecule is COc1cc(F)c([C@@H]2CN(c3cccc(N4CCN(S(C)(=O)=O)CC4)n3)C(=O)C2CNC(=O)c2ccc(OC(F)F)cc2)c(F)c1. The number of methoxy groups -OCH3 is 1. The Morgan fingerprint density at radius 3 is 2.22 bits per heavy atom. The minimum Gasteiger partial charge on any atom is -0.497 e. The van der Waals surface area contributed by atoms with Gasteiger partial charge in [0.2, 0.25) is 15.9 Å². The van der Waals surface area contributed by atoms with Crippen molar-refractivity contribution in [3.8, 4) is 11.5 Å². The van der Waals surface area contributed by atoms with Gasteiger partial charge in [-0.2, -0.15) is 13.1 Å². The summed E-state index contributed by atoms with van der Waals surface area (Å²) in [5.41, 5.74) is -0.259. The summed E-state index contributed by atoms with van der Waals surface area (Å²) in [4.78, 5) is 34.6. The van der Waals surface area contributed by atoms with Crippen LogP contribution in [0, 0.1) is 17.6 Å². The van der Waals surface area contributed by atoms with Gasteiger partial charge in [-0.1, -0.05) is 6.07 Å². The average Bonchev–Trinajstić information content (AvgIpc) is 3.34. The summed E-state index contributed by atoms with van der Waals surface area (Å²) in [6.45, 7) is -2.24. The maximum atomic E-state index is 15.3. The van der Waals surface area contributed by atoms with E-state index in [1.807, 2.05) is 4.90 Å². The van der Waals surface area contributed by atoms with Crippen molar-refractivity contribution in [2.24, 2.45) is 5.92 Å². The van der Waals surface area contributed by atoms with Crippen molar-refractivity contribution in [2.45, 2.75) is 12.5 Å². The van der Waals surface area contributed by atoms with Crippen molar-refractivity contribution < 1.29 is 45.0 Å². The number of halogens is 4. The Labute approximate surface area is 262 Å². The van der Waals surface area contributed by atoms with E-state index >= 15 is 8.78 Å². The van der Waals surface area contributed by atoms with Crippen LogP contribution in [0.2, 0.25) is 0 Å². The van der Waals surface area contributed by atoms with Crippen LogP contribution in [-0.2, 0) is 14.8 Å². The first kappa shape index (κ1) is 32.9. The molecule has 0 aliphatic carbocycles. The lowest BCUT2D eigenvalue weighted by molar-refractivity contribution is -0.120. The molecule has 5 rings (SSSR count). The molecule has 2 amide bonds. The number of hydrogen-bond donors (Lipinski definition) is 1. The summed E-state index contributed by atoms with van der Waals surface area (Å²) >= 11 is 0. The van der Waals surface area contributed by atoms with E-state index in [0.29, 0.717) is 18.9 Å². The highest BCUT2D eigenvalue weighted by molar-refractivity contribution is 7.88. The molecule has 46 heavy (non-hydrogen) atoms. The van der Waals surface area contributed by atoms with Crippen LogP contribution in [0.5, 0.6) is 11.5 Å². The average molecular weight is 666 g/mol. The largest absolute Gasteiger partial charge is 0.497 e.